The van der Waals surface area contributed by atoms with Crippen molar-refractivity contribution in [1.29, 1.82) is 0 Å². The summed E-state index contributed by atoms with van der Waals surface area (Å²) in [4.78, 5) is 29.4. The van der Waals surface area contributed by atoms with Gasteiger partial charge in [0.1, 0.15) is 11.4 Å². The van der Waals surface area contributed by atoms with E-state index in [0.717, 1.165) is 43.0 Å². The molecule has 2 aliphatic rings. The van der Waals surface area contributed by atoms with Crippen LogP contribution in [0.5, 0.6) is 0 Å². The Labute approximate surface area is 210 Å². The van der Waals surface area contributed by atoms with Crippen LogP contribution in [0.3, 0.4) is 0 Å². The highest BCUT2D eigenvalue weighted by Crippen LogP contribution is 2.43. The molecule has 2 aliphatic heterocycles. The standard InChI is InChI=1S/C22H25ClFN3O2.C2HF3O2/c1-21(2,3)29-20(28)27-13-22(14-27)11-26(12-22)19-6-7-25-10-16(19)8-15-4-5-17(24)9-18(15)23;3-2(4,5)1(6)7/h4-7,9-10H,8,11-14H2,1-3H3;(H,6,7). The molecule has 1 aromatic heterocycles. The van der Waals surface area contributed by atoms with E-state index in [-0.39, 0.29) is 17.3 Å². The van der Waals surface area contributed by atoms with Gasteiger partial charge < -0.3 is 19.6 Å². The van der Waals surface area contributed by atoms with Gasteiger partial charge in [-0.15, -0.1) is 0 Å². The molecule has 196 valence electrons. The first-order valence-corrected chi connectivity index (χ1v) is 11.4. The molecule has 2 fully saturated rings. The Bertz CT molecular complexity index is 1120. The summed E-state index contributed by atoms with van der Waals surface area (Å²) in [7, 11) is 0. The van der Waals surface area contributed by atoms with Crippen molar-refractivity contribution in [3.63, 3.8) is 0 Å². The van der Waals surface area contributed by atoms with Crippen LogP contribution in [-0.2, 0) is 16.0 Å². The average Bonchev–Trinajstić information content (AvgIpc) is 2.67. The number of carboxylic acids is 1. The predicted octanol–water partition coefficient (Wildman–Crippen LogP) is 5.16. The van der Waals surface area contributed by atoms with Crippen LogP contribution in [0.1, 0.15) is 31.9 Å². The number of carboxylic acid groups (broad SMARTS) is 1. The van der Waals surface area contributed by atoms with Crippen molar-refractivity contribution in [3.05, 3.63) is 58.6 Å². The zero-order valence-corrected chi connectivity index (χ0v) is 20.7. The number of nitrogens with zero attached hydrogens (tertiary/aromatic N) is 3. The Morgan fingerprint density at radius 3 is 2.25 bits per heavy atom. The van der Waals surface area contributed by atoms with E-state index in [2.05, 4.69) is 9.88 Å². The van der Waals surface area contributed by atoms with Crippen LogP contribution in [0.2, 0.25) is 5.02 Å². The number of ether oxygens (including phenoxy) is 1. The Kier molecular flexibility index (Phi) is 7.73. The van der Waals surface area contributed by atoms with Gasteiger partial charge in [-0.05, 0) is 50.1 Å². The SMILES string of the molecule is CC(C)(C)OC(=O)N1CC2(C1)CN(c1ccncc1Cc1ccc(F)cc1Cl)C2.O=C(O)C(F)(F)F. The quantitative estimate of drug-likeness (QED) is 0.551. The molecule has 1 spiro atoms. The maximum atomic E-state index is 13.3. The van der Waals surface area contributed by atoms with E-state index in [1.165, 1.54) is 12.1 Å². The number of aliphatic carboxylic acids is 1. The van der Waals surface area contributed by atoms with Crippen LogP contribution < -0.4 is 4.90 Å². The third-order valence-corrected chi connectivity index (χ3v) is 5.97. The van der Waals surface area contributed by atoms with Crippen molar-refractivity contribution >= 4 is 29.4 Å². The number of halogens is 5. The number of carbonyl (C=O) groups excluding carboxylic acids is 1. The second kappa shape index (κ2) is 10.1. The third-order valence-electron chi connectivity index (χ3n) is 5.61. The minimum Gasteiger partial charge on any atom is -0.475 e. The van der Waals surface area contributed by atoms with Gasteiger partial charge in [0.25, 0.3) is 0 Å². The average molecular weight is 532 g/mol. The molecule has 1 aromatic carbocycles. The summed E-state index contributed by atoms with van der Waals surface area (Å²) in [5, 5.41) is 7.55. The van der Waals surface area contributed by atoms with Crippen LogP contribution in [-0.4, -0.2) is 65.0 Å². The van der Waals surface area contributed by atoms with Crippen molar-refractivity contribution in [1.82, 2.24) is 9.88 Å². The Hall–Kier alpha value is -3.08. The number of anilines is 1. The highest BCUT2D eigenvalue weighted by Gasteiger charge is 2.54. The second-order valence-electron chi connectivity index (χ2n) is 9.91. The van der Waals surface area contributed by atoms with Crippen molar-refractivity contribution in [2.45, 2.75) is 39.0 Å². The maximum Gasteiger partial charge on any atom is 0.490 e. The van der Waals surface area contributed by atoms with Crippen molar-refractivity contribution in [2.75, 3.05) is 31.1 Å². The van der Waals surface area contributed by atoms with Gasteiger partial charge in [-0.25, -0.2) is 14.0 Å². The van der Waals surface area contributed by atoms with Crippen molar-refractivity contribution in [2.24, 2.45) is 5.41 Å². The molecule has 0 saturated carbocycles. The highest BCUT2D eigenvalue weighted by molar-refractivity contribution is 6.31. The number of hydrogen-bond acceptors (Lipinski definition) is 5. The lowest BCUT2D eigenvalue weighted by Crippen LogP contribution is -2.73. The summed E-state index contributed by atoms with van der Waals surface area (Å²) in [6.07, 6.45) is -1.11. The van der Waals surface area contributed by atoms with Crippen LogP contribution in [0, 0.1) is 11.2 Å². The predicted molar refractivity (Wildman–Crippen MR) is 125 cm³/mol. The summed E-state index contributed by atoms with van der Waals surface area (Å²) in [5.41, 5.74) is 2.71. The Balaban J connectivity index is 0.000000454. The molecular formula is C24H26ClF4N3O4. The molecule has 12 heteroatoms. The molecular weight excluding hydrogens is 506 g/mol. The lowest BCUT2D eigenvalue weighted by Gasteiger charge is -2.60. The van der Waals surface area contributed by atoms with Gasteiger partial charge in [0.15, 0.2) is 0 Å². The van der Waals surface area contributed by atoms with Crippen molar-refractivity contribution < 1.29 is 37.0 Å². The van der Waals surface area contributed by atoms with E-state index in [9.17, 15) is 22.4 Å². The molecule has 2 saturated heterocycles. The Morgan fingerprint density at radius 2 is 1.72 bits per heavy atom. The number of amides is 1. The summed E-state index contributed by atoms with van der Waals surface area (Å²) in [6, 6.07) is 6.49. The van der Waals surface area contributed by atoms with Crippen molar-refractivity contribution in [3.8, 4) is 0 Å². The number of pyridine rings is 1. The lowest BCUT2D eigenvalue weighted by atomic mass is 9.72. The first-order valence-electron chi connectivity index (χ1n) is 11.0. The molecule has 1 N–H and O–H groups in total. The molecule has 1 amide bonds. The number of rotatable bonds is 3. The van der Waals surface area contributed by atoms with E-state index >= 15 is 0 Å². The Morgan fingerprint density at radius 1 is 1.11 bits per heavy atom. The molecule has 0 bridgehead atoms. The van der Waals surface area contributed by atoms with E-state index in [0.29, 0.717) is 11.4 Å². The van der Waals surface area contributed by atoms with Crippen LogP contribution in [0.25, 0.3) is 0 Å². The van der Waals surface area contributed by atoms with Gasteiger partial charge in [-0.1, -0.05) is 17.7 Å². The molecule has 0 aliphatic carbocycles. The largest absolute Gasteiger partial charge is 0.490 e. The van der Waals surface area contributed by atoms with E-state index in [1.807, 2.05) is 33.0 Å². The fraction of sp³-hybridized carbons (Fsp3) is 0.458. The fourth-order valence-corrected chi connectivity index (χ4v) is 4.32. The monoisotopic (exact) mass is 531 g/mol. The molecule has 3 heterocycles. The van der Waals surface area contributed by atoms with Crippen LogP contribution >= 0.6 is 11.6 Å². The van der Waals surface area contributed by atoms with Gasteiger partial charge in [0.2, 0.25) is 0 Å². The molecule has 7 nitrogen and oxygen atoms in total. The number of benzene rings is 1. The lowest BCUT2D eigenvalue weighted by molar-refractivity contribution is -0.192. The molecule has 2 aromatic rings. The minimum atomic E-state index is -5.08. The zero-order valence-electron chi connectivity index (χ0n) is 19.9. The maximum absolute atomic E-state index is 13.3. The number of carbonyl (C=O) groups is 2. The van der Waals surface area contributed by atoms with Gasteiger partial charge in [0, 0.05) is 61.1 Å². The topological polar surface area (TPSA) is 83.0 Å². The van der Waals surface area contributed by atoms with Gasteiger partial charge >= 0.3 is 18.2 Å². The number of aromatic nitrogens is 1. The zero-order chi connectivity index (χ0) is 26.9. The van der Waals surface area contributed by atoms with E-state index < -0.39 is 17.7 Å². The molecule has 0 atom stereocenters. The van der Waals surface area contributed by atoms with Gasteiger partial charge in [-0.2, -0.15) is 13.2 Å². The van der Waals surface area contributed by atoms with E-state index in [1.54, 1.807) is 17.2 Å². The molecule has 4 rings (SSSR count). The van der Waals surface area contributed by atoms with Gasteiger partial charge in [-0.3, -0.25) is 4.98 Å². The summed E-state index contributed by atoms with van der Waals surface area (Å²) in [6.45, 7) is 8.86. The summed E-state index contributed by atoms with van der Waals surface area (Å²) >= 11 is 6.20. The van der Waals surface area contributed by atoms with E-state index in [4.69, 9.17) is 26.2 Å². The third kappa shape index (κ3) is 6.77. The smallest absolute Gasteiger partial charge is 0.475 e. The van der Waals surface area contributed by atoms with Gasteiger partial charge in [0.05, 0.1) is 0 Å². The van der Waals surface area contributed by atoms with Crippen LogP contribution in [0.4, 0.5) is 28.0 Å². The number of alkyl halides is 3. The number of likely N-dealkylation sites (tertiary alicyclic amines) is 1. The second-order valence-corrected chi connectivity index (χ2v) is 10.3. The summed E-state index contributed by atoms with van der Waals surface area (Å²) in [5.74, 6) is -3.10. The fourth-order valence-electron chi connectivity index (χ4n) is 4.09. The number of hydrogen-bond donors (Lipinski definition) is 1. The first kappa shape index (κ1) is 27.5. The minimum absolute atomic E-state index is 0.144. The molecule has 0 radical (unpaired) electrons. The molecule has 36 heavy (non-hydrogen) atoms. The summed E-state index contributed by atoms with van der Waals surface area (Å²) < 4.78 is 50.5. The highest BCUT2D eigenvalue weighted by atomic mass is 35.5. The van der Waals surface area contributed by atoms with Crippen LogP contribution in [0.15, 0.2) is 36.7 Å². The normalized spacial score (nSPS) is 16.4. The first-order chi connectivity index (χ1) is 16.6. The molecule has 0 unspecified atom stereocenters.